The van der Waals surface area contributed by atoms with Crippen LogP contribution in [0.5, 0.6) is 0 Å². The number of carbonyl (C=O) groups excluding carboxylic acids is 4. The number of amides is 2. The molecule has 2 aromatic rings. The van der Waals surface area contributed by atoms with Crippen LogP contribution >= 0.6 is 0 Å². The molecule has 8 heteroatoms. The predicted octanol–water partition coefficient (Wildman–Crippen LogP) is 2.66. The average Bonchev–Trinajstić information content (AvgIpc) is 3.18. The van der Waals surface area contributed by atoms with Gasteiger partial charge in [-0.05, 0) is 45.4 Å². The van der Waals surface area contributed by atoms with Gasteiger partial charge in [0, 0.05) is 6.20 Å². The fourth-order valence-electron chi connectivity index (χ4n) is 3.61. The fourth-order valence-corrected chi connectivity index (χ4v) is 3.61. The SMILES string of the molecule is CCOC(=O)C1(CC(=O)OC(C)(C)C)C(=O)N(Cc2ccccc2)C(=O)c2cccn21. The number of benzene rings is 1. The maximum atomic E-state index is 13.7. The van der Waals surface area contributed by atoms with Crippen LogP contribution in [0.25, 0.3) is 0 Å². The van der Waals surface area contributed by atoms with Gasteiger partial charge in [-0.2, -0.15) is 0 Å². The fraction of sp³-hybridized carbons (Fsp3) is 0.391. The molecular formula is C23H26N2O6. The van der Waals surface area contributed by atoms with E-state index < -0.39 is 41.3 Å². The standard InChI is InChI=1S/C23H26N2O6/c1-5-30-21(29)23(14-18(26)31-22(2,3)4)20(28)24(15-16-10-7-6-8-11-16)19(27)17-12-9-13-25(17)23/h6-13H,5,14-15H2,1-4H3. The number of hydrogen-bond acceptors (Lipinski definition) is 6. The Bertz CT molecular complexity index is 1000. The summed E-state index contributed by atoms with van der Waals surface area (Å²) in [6, 6.07) is 12.0. The highest BCUT2D eigenvalue weighted by atomic mass is 16.6. The van der Waals surface area contributed by atoms with Crippen LogP contribution in [-0.2, 0) is 35.9 Å². The Hall–Kier alpha value is -3.42. The molecule has 31 heavy (non-hydrogen) atoms. The van der Waals surface area contributed by atoms with Crippen molar-refractivity contribution in [3.63, 3.8) is 0 Å². The predicted molar refractivity (Wildman–Crippen MR) is 111 cm³/mol. The van der Waals surface area contributed by atoms with Crippen LogP contribution in [-0.4, -0.2) is 45.4 Å². The molecule has 0 saturated carbocycles. The van der Waals surface area contributed by atoms with E-state index in [1.807, 2.05) is 6.07 Å². The summed E-state index contributed by atoms with van der Waals surface area (Å²) in [4.78, 5) is 53.8. The van der Waals surface area contributed by atoms with Crippen LogP contribution in [0.3, 0.4) is 0 Å². The summed E-state index contributed by atoms with van der Waals surface area (Å²) in [5.74, 6) is -3.03. The van der Waals surface area contributed by atoms with Crippen LogP contribution in [0.15, 0.2) is 48.7 Å². The van der Waals surface area contributed by atoms with Crippen LogP contribution in [0, 0.1) is 0 Å². The molecule has 1 aromatic heterocycles. The van der Waals surface area contributed by atoms with Gasteiger partial charge in [-0.3, -0.25) is 19.3 Å². The first-order valence-corrected chi connectivity index (χ1v) is 10.1. The summed E-state index contributed by atoms with van der Waals surface area (Å²) < 4.78 is 11.9. The van der Waals surface area contributed by atoms with Gasteiger partial charge in [0.05, 0.1) is 19.6 Å². The smallest absolute Gasteiger partial charge is 0.342 e. The maximum absolute atomic E-state index is 13.7. The zero-order valence-electron chi connectivity index (χ0n) is 18.1. The highest BCUT2D eigenvalue weighted by Crippen LogP contribution is 2.35. The molecule has 8 nitrogen and oxygen atoms in total. The molecular weight excluding hydrogens is 400 g/mol. The van der Waals surface area contributed by atoms with Crippen LogP contribution in [0.4, 0.5) is 0 Å². The first kappa shape index (κ1) is 22.3. The molecule has 2 amide bonds. The van der Waals surface area contributed by atoms with E-state index in [-0.39, 0.29) is 18.8 Å². The Morgan fingerprint density at radius 2 is 1.71 bits per heavy atom. The number of nitrogens with zero attached hydrogens (tertiary/aromatic N) is 2. The van der Waals surface area contributed by atoms with Crippen molar-refractivity contribution in [2.24, 2.45) is 0 Å². The Kier molecular flexibility index (Phi) is 6.01. The topological polar surface area (TPSA) is 94.9 Å². The van der Waals surface area contributed by atoms with E-state index in [9.17, 15) is 19.2 Å². The summed E-state index contributed by atoms with van der Waals surface area (Å²) in [5.41, 5.74) is -2.06. The van der Waals surface area contributed by atoms with Crippen LogP contribution < -0.4 is 0 Å². The summed E-state index contributed by atoms with van der Waals surface area (Å²) in [7, 11) is 0. The summed E-state index contributed by atoms with van der Waals surface area (Å²) in [5, 5.41) is 0. The van der Waals surface area contributed by atoms with E-state index in [4.69, 9.17) is 9.47 Å². The quantitative estimate of drug-likeness (QED) is 0.400. The van der Waals surface area contributed by atoms with Crippen molar-refractivity contribution in [1.29, 1.82) is 0 Å². The minimum atomic E-state index is -2.07. The molecule has 0 fully saturated rings. The molecule has 3 rings (SSSR count). The van der Waals surface area contributed by atoms with Gasteiger partial charge < -0.3 is 14.0 Å². The zero-order valence-corrected chi connectivity index (χ0v) is 18.1. The van der Waals surface area contributed by atoms with Gasteiger partial charge in [0.2, 0.25) is 5.54 Å². The van der Waals surface area contributed by atoms with E-state index in [0.717, 1.165) is 4.90 Å². The third kappa shape index (κ3) is 4.23. The number of rotatable bonds is 6. The highest BCUT2D eigenvalue weighted by molar-refractivity contribution is 6.18. The van der Waals surface area contributed by atoms with E-state index in [2.05, 4.69) is 0 Å². The van der Waals surface area contributed by atoms with Gasteiger partial charge in [-0.1, -0.05) is 30.3 Å². The lowest BCUT2D eigenvalue weighted by molar-refractivity contribution is -0.173. The van der Waals surface area contributed by atoms with Gasteiger partial charge in [0.1, 0.15) is 11.3 Å². The Labute approximate surface area is 180 Å². The van der Waals surface area contributed by atoms with Gasteiger partial charge in [0.15, 0.2) is 0 Å². The van der Waals surface area contributed by atoms with Crippen molar-refractivity contribution in [3.8, 4) is 0 Å². The third-order valence-corrected chi connectivity index (χ3v) is 4.84. The number of aromatic nitrogens is 1. The van der Waals surface area contributed by atoms with E-state index in [1.165, 1.54) is 16.8 Å². The third-order valence-electron chi connectivity index (χ3n) is 4.84. The number of hydrogen-bond donors (Lipinski definition) is 0. The second-order valence-electron chi connectivity index (χ2n) is 8.29. The lowest BCUT2D eigenvalue weighted by Gasteiger charge is -2.40. The summed E-state index contributed by atoms with van der Waals surface area (Å²) >= 11 is 0. The zero-order chi connectivity index (χ0) is 22.8. The maximum Gasteiger partial charge on any atom is 0.342 e. The number of carbonyl (C=O) groups is 4. The second-order valence-corrected chi connectivity index (χ2v) is 8.29. The van der Waals surface area contributed by atoms with Crippen molar-refractivity contribution in [3.05, 3.63) is 59.9 Å². The molecule has 0 spiro atoms. The molecule has 1 aliphatic heterocycles. The van der Waals surface area contributed by atoms with Gasteiger partial charge in [0.25, 0.3) is 11.8 Å². The minimum absolute atomic E-state index is 0.00537. The molecule has 164 valence electrons. The Balaban J connectivity index is 2.11. The van der Waals surface area contributed by atoms with Crippen molar-refractivity contribution in [1.82, 2.24) is 9.47 Å². The normalized spacial score (nSPS) is 18.5. The molecule has 0 saturated heterocycles. The average molecular weight is 426 g/mol. The number of esters is 2. The molecule has 0 N–H and O–H groups in total. The molecule has 1 aliphatic rings. The van der Waals surface area contributed by atoms with Crippen molar-refractivity contribution < 1.29 is 28.7 Å². The second kappa shape index (κ2) is 8.37. The van der Waals surface area contributed by atoms with Crippen molar-refractivity contribution in [2.75, 3.05) is 6.61 Å². The molecule has 1 atom stereocenters. The van der Waals surface area contributed by atoms with Crippen molar-refractivity contribution in [2.45, 2.75) is 51.8 Å². The van der Waals surface area contributed by atoms with Gasteiger partial charge in [-0.25, -0.2) is 4.79 Å². The number of fused-ring (bicyclic) bond motifs is 1. The highest BCUT2D eigenvalue weighted by Gasteiger charge is 2.58. The lowest BCUT2D eigenvalue weighted by atomic mass is 9.89. The lowest BCUT2D eigenvalue weighted by Crippen LogP contribution is -2.62. The number of imide groups is 1. The van der Waals surface area contributed by atoms with Crippen LogP contribution in [0.2, 0.25) is 0 Å². The molecule has 0 radical (unpaired) electrons. The first-order valence-electron chi connectivity index (χ1n) is 10.1. The van der Waals surface area contributed by atoms with Crippen molar-refractivity contribution >= 4 is 23.8 Å². The molecule has 2 heterocycles. The Morgan fingerprint density at radius 3 is 2.32 bits per heavy atom. The monoisotopic (exact) mass is 426 g/mol. The van der Waals surface area contributed by atoms with E-state index in [1.54, 1.807) is 58.0 Å². The first-order chi connectivity index (χ1) is 14.6. The van der Waals surface area contributed by atoms with Gasteiger partial charge in [-0.15, -0.1) is 0 Å². The Morgan fingerprint density at radius 1 is 1.03 bits per heavy atom. The van der Waals surface area contributed by atoms with Gasteiger partial charge >= 0.3 is 11.9 Å². The molecule has 1 aromatic carbocycles. The summed E-state index contributed by atoms with van der Waals surface area (Å²) in [6.45, 7) is 6.64. The molecule has 0 bridgehead atoms. The number of ether oxygens (including phenoxy) is 2. The van der Waals surface area contributed by atoms with E-state index in [0.29, 0.717) is 5.56 Å². The van der Waals surface area contributed by atoms with E-state index >= 15 is 0 Å². The molecule has 0 aliphatic carbocycles. The van der Waals surface area contributed by atoms with Crippen LogP contribution in [0.1, 0.15) is 50.2 Å². The summed E-state index contributed by atoms with van der Waals surface area (Å²) in [6.07, 6.45) is 0.842. The largest absolute Gasteiger partial charge is 0.464 e. The minimum Gasteiger partial charge on any atom is -0.464 e. The molecule has 1 unspecified atom stereocenters.